The molecule has 0 radical (unpaired) electrons. The molecule has 2 heterocycles. The molecule has 0 atom stereocenters. The molecule has 0 saturated carbocycles. The first-order chi connectivity index (χ1) is 13.8. The van der Waals surface area contributed by atoms with Crippen molar-refractivity contribution in [3.63, 3.8) is 0 Å². The number of carbonyl (C=O) groups is 1. The van der Waals surface area contributed by atoms with Crippen molar-refractivity contribution in [1.29, 1.82) is 0 Å². The van der Waals surface area contributed by atoms with Gasteiger partial charge in [-0.25, -0.2) is 0 Å². The van der Waals surface area contributed by atoms with Crippen LogP contribution in [0.2, 0.25) is 0 Å². The van der Waals surface area contributed by atoms with Gasteiger partial charge in [-0.15, -0.1) is 0 Å². The minimum Gasteiger partial charge on any atom is -0.489 e. The second kappa shape index (κ2) is 8.57. The molecule has 28 heavy (non-hydrogen) atoms. The van der Waals surface area contributed by atoms with Gasteiger partial charge in [-0.1, -0.05) is 30.3 Å². The zero-order chi connectivity index (χ0) is 19.2. The molecule has 1 aromatic heterocycles. The van der Waals surface area contributed by atoms with E-state index in [0.29, 0.717) is 18.0 Å². The van der Waals surface area contributed by atoms with Crippen molar-refractivity contribution in [3.05, 3.63) is 84.2 Å². The van der Waals surface area contributed by atoms with Crippen molar-refractivity contribution >= 4 is 17.3 Å². The van der Waals surface area contributed by atoms with Crippen LogP contribution in [0.15, 0.2) is 72.9 Å². The number of anilines is 2. The average molecular weight is 373 g/mol. The molecule has 1 fully saturated rings. The highest BCUT2D eigenvalue weighted by Crippen LogP contribution is 2.21. The molecule has 1 aliphatic heterocycles. The summed E-state index contributed by atoms with van der Waals surface area (Å²) in [4.78, 5) is 19.1. The third-order valence-corrected chi connectivity index (χ3v) is 4.81. The van der Waals surface area contributed by atoms with E-state index < -0.39 is 0 Å². The number of hydrogen-bond donors (Lipinski definition) is 1. The lowest BCUT2D eigenvalue weighted by atomic mass is 10.2. The van der Waals surface area contributed by atoms with Crippen LogP contribution < -0.4 is 15.0 Å². The van der Waals surface area contributed by atoms with Crippen LogP contribution in [0, 0.1) is 0 Å². The van der Waals surface area contributed by atoms with Gasteiger partial charge in [0.25, 0.3) is 5.91 Å². The Hall–Kier alpha value is -3.34. The first-order valence-electron chi connectivity index (χ1n) is 9.57. The molecule has 4 rings (SSSR count). The molecular weight excluding hydrogens is 350 g/mol. The van der Waals surface area contributed by atoms with E-state index in [1.807, 2.05) is 66.7 Å². The highest BCUT2D eigenvalue weighted by atomic mass is 16.5. The van der Waals surface area contributed by atoms with Crippen LogP contribution in [0.5, 0.6) is 5.75 Å². The van der Waals surface area contributed by atoms with Crippen LogP contribution in [0.3, 0.4) is 0 Å². The van der Waals surface area contributed by atoms with Gasteiger partial charge < -0.3 is 15.0 Å². The van der Waals surface area contributed by atoms with E-state index in [4.69, 9.17) is 4.74 Å². The fraction of sp³-hybridized carbons (Fsp3) is 0.217. The van der Waals surface area contributed by atoms with Crippen molar-refractivity contribution in [2.24, 2.45) is 0 Å². The number of nitrogens with one attached hydrogen (secondary N) is 1. The Bertz CT molecular complexity index is 920. The van der Waals surface area contributed by atoms with Gasteiger partial charge in [0.05, 0.1) is 0 Å². The monoisotopic (exact) mass is 373 g/mol. The Morgan fingerprint density at radius 3 is 2.50 bits per heavy atom. The first-order valence-corrected chi connectivity index (χ1v) is 9.57. The maximum Gasteiger partial charge on any atom is 0.274 e. The topological polar surface area (TPSA) is 54.5 Å². The second-order valence-corrected chi connectivity index (χ2v) is 6.85. The molecule has 5 heteroatoms. The number of aromatic nitrogens is 1. The summed E-state index contributed by atoms with van der Waals surface area (Å²) in [5.74, 6) is 0.551. The fourth-order valence-corrected chi connectivity index (χ4v) is 3.29. The van der Waals surface area contributed by atoms with E-state index >= 15 is 0 Å². The standard InChI is InChI=1S/C23H23N3O2/c27-23(22-16-20(12-13-24-22)26-14-4-5-15-26)25-19-8-10-21(11-9-19)28-17-18-6-2-1-3-7-18/h1-3,6-13,16H,4-5,14-15,17H2,(H,25,27). The predicted molar refractivity (Wildman–Crippen MR) is 111 cm³/mol. The summed E-state index contributed by atoms with van der Waals surface area (Å²) in [5, 5.41) is 2.90. The van der Waals surface area contributed by atoms with Gasteiger partial charge in [-0.3, -0.25) is 9.78 Å². The maximum absolute atomic E-state index is 12.6. The molecule has 1 amide bonds. The molecule has 0 aliphatic carbocycles. The highest BCUT2D eigenvalue weighted by molar-refractivity contribution is 6.03. The van der Waals surface area contributed by atoms with E-state index in [1.165, 1.54) is 12.8 Å². The van der Waals surface area contributed by atoms with Gasteiger partial charge in [0, 0.05) is 30.7 Å². The number of ether oxygens (including phenoxy) is 1. The largest absolute Gasteiger partial charge is 0.489 e. The van der Waals surface area contributed by atoms with Crippen molar-refractivity contribution < 1.29 is 9.53 Å². The Kier molecular flexibility index (Phi) is 5.52. The fourth-order valence-electron chi connectivity index (χ4n) is 3.29. The van der Waals surface area contributed by atoms with Gasteiger partial charge in [-0.05, 0) is 54.8 Å². The van der Waals surface area contributed by atoms with Crippen LogP contribution >= 0.6 is 0 Å². The summed E-state index contributed by atoms with van der Waals surface area (Å²) >= 11 is 0. The number of nitrogens with zero attached hydrogens (tertiary/aromatic N) is 2. The third kappa shape index (κ3) is 4.49. The average Bonchev–Trinajstić information content (AvgIpc) is 3.29. The molecule has 3 aromatic rings. The number of rotatable bonds is 6. The quantitative estimate of drug-likeness (QED) is 0.691. The molecule has 142 valence electrons. The molecule has 1 N–H and O–H groups in total. The Labute approximate surface area is 165 Å². The molecule has 2 aromatic carbocycles. The maximum atomic E-state index is 12.6. The Balaban J connectivity index is 1.36. The van der Waals surface area contributed by atoms with Gasteiger partial charge in [0.15, 0.2) is 0 Å². The molecule has 1 aliphatic rings. The van der Waals surface area contributed by atoms with Gasteiger partial charge >= 0.3 is 0 Å². The minimum absolute atomic E-state index is 0.209. The van der Waals surface area contributed by atoms with Crippen molar-refractivity contribution in [2.45, 2.75) is 19.4 Å². The number of amides is 1. The van der Waals surface area contributed by atoms with Crippen molar-refractivity contribution in [2.75, 3.05) is 23.3 Å². The van der Waals surface area contributed by atoms with E-state index in [9.17, 15) is 4.79 Å². The van der Waals surface area contributed by atoms with Crippen molar-refractivity contribution in [3.8, 4) is 5.75 Å². The summed E-state index contributed by atoms with van der Waals surface area (Å²) in [6.45, 7) is 2.59. The Morgan fingerprint density at radius 2 is 1.75 bits per heavy atom. The first kappa shape index (κ1) is 18.0. The predicted octanol–water partition coefficient (Wildman–Crippen LogP) is 4.51. The zero-order valence-electron chi connectivity index (χ0n) is 15.7. The summed E-state index contributed by atoms with van der Waals surface area (Å²) in [7, 11) is 0. The highest BCUT2D eigenvalue weighted by Gasteiger charge is 2.15. The summed E-state index contributed by atoms with van der Waals surface area (Å²) in [6, 6.07) is 21.2. The van der Waals surface area contributed by atoms with E-state index in [0.717, 1.165) is 30.1 Å². The second-order valence-electron chi connectivity index (χ2n) is 6.85. The number of benzene rings is 2. The molecule has 0 bridgehead atoms. The Morgan fingerprint density at radius 1 is 1.00 bits per heavy atom. The van der Waals surface area contributed by atoms with Crippen LogP contribution in [-0.4, -0.2) is 24.0 Å². The smallest absolute Gasteiger partial charge is 0.274 e. The zero-order valence-corrected chi connectivity index (χ0v) is 15.7. The van der Waals surface area contributed by atoms with Crippen LogP contribution in [0.1, 0.15) is 28.9 Å². The minimum atomic E-state index is -0.209. The lowest BCUT2D eigenvalue weighted by Gasteiger charge is -2.17. The number of hydrogen-bond acceptors (Lipinski definition) is 4. The van der Waals surface area contributed by atoms with Gasteiger partial charge in [0.1, 0.15) is 18.1 Å². The summed E-state index contributed by atoms with van der Waals surface area (Å²) in [6.07, 6.45) is 4.09. The number of pyridine rings is 1. The summed E-state index contributed by atoms with van der Waals surface area (Å²) in [5.41, 5.74) is 3.31. The normalized spacial score (nSPS) is 13.4. The van der Waals surface area contributed by atoms with E-state index in [-0.39, 0.29) is 5.91 Å². The molecule has 0 spiro atoms. The SMILES string of the molecule is O=C(Nc1ccc(OCc2ccccc2)cc1)c1cc(N2CCCC2)ccn1. The lowest BCUT2D eigenvalue weighted by molar-refractivity contribution is 0.102. The van der Waals surface area contributed by atoms with Crippen LogP contribution in [-0.2, 0) is 6.61 Å². The third-order valence-electron chi connectivity index (χ3n) is 4.81. The number of carbonyl (C=O) groups excluding carboxylic acids is 1. The molecule has 1 saturated heterocycles. The lowest BCUT2D eigenvalue weighted by Crippen LogP contribution is -2.19. The van der Waals surface area contributed by atoms with Gasteiger partial charge in [0.2, 0.25) is 0 Å². The molecule has 5 nitrogen and oxygen atoms in total. The van der Waals surface area contributed by atoms with E-state index in [2.05, 4.69) is 15.2 Å². The van der Waals surface area contributed by atoms with Crippen LogP contribution in [0.25, 0.3) is 0 Å². The van der Waals surface area contributed by atoms with Crippen molar-refractivity contribution in [1.82, 2.24) is 4.98 Å². The summed E-state index contributed by atoms with van der Waals surface area (Å²) < 4.78 is 5.78. The van der Waals surface area contributed by atoms with Crippen LogP contribution in [0.4, 0.5) is 11.4 Å². The molecule has 0 unspecified atom stereocenters. The molecular formula is C23H23N3O2. The van der Waals surface area contributed by atoms with E-state index in [1.54, 1.807) is 6.20 Å². The van der Waals surface area contributed by atoms with Gasteiger partial charge in [-0.2, -0.15) is 0 Å².